The van der Waals surface area contributed by atoms with Gasteiger partial charge in [0.1, 0.15) is 0 Å². The van der Waals surface area contributed by atoms with Crippen molar-refractivity contribution in [2.75, 3.05) is 0 Å². The van der Waals surface area contributed by atoms with Gasteiger partial charge in [0.2, 0.25) is 5.91 Å². The lowest BCUT2D eigenvalue weighted by Crippen LogP contribution is -2.30. The Bertz CT molecular complexity index is 342. The van der Waals surface area contributed by atoms with Gasteiger partial charge in [0.25, 0.3) is 0 Å². The van der Waals surface area contributed by atoms with Gasteiger partial charge in [-0.15, -0.1) is 11.8 Å². The van der Waals surface area contributed by atoms with Crippen LogP contribution >= 0.6 is 27.7 Å². The summed E-state index contributed by atoms with van der Waals surface area (Å²) in [5.41, 5.74) is 2.14. The maximum atomic E-state index is 11.0. The molecule has 88 valence electrons. The summed E-state index contributed by atoms with van der Waals surface area (Å²) >= 11 is 5.16. The van der Waals surface area contributed by atoms with Crippen molar-refractivity contribution in [1.29, 1.82) is 0 Å². The monoisotopic (exact) mass is 302 g/mol. The molecule has 3 N–H and O–H groups in total. The Morgan fingerprint density at radius 3 is 2.69 bits per heavy atom. The summed E-state index contributed by atoms with van der Waals surface area (Å²) in [5, 5.41) is 0.401. The molecule has 1 aromatic carbocycles. The van der Waals surface area contributed by atoms with E-state index in [0.29, 0.717) is 11.7 Å². The second-order valence-corrected chi connectivity index (χ2v) is 5.92. The zero-order chi connectivity index (χ0) is 12.0. The molecule has 1 atom stereocenters. The molecule has 16 heavy (non-hydrogen) atoms. The number of thioether (sulfide) groups is 1. The van der Waals surface area contributed by atoms with Crippen molar-refractivity contribution in [2.24, 2.45) is 5.84 Å². The molecule has 0 aliphatic carbocycles. The number of hydrogen-bond donors (Lipinski definition) is 2. The highest BCUT2D eigenvalue weighted by Gasteiger charge is 2.07. The number of benzene rings is 1. The van der Waals surface area contributed by atoms with Crippen LogP contribution in [0.2, 0.25) is 0 Å². The van der Waals surface area contributed by atoms with Crippen molar-refractivity contribution in [1.82, 2.24) is 5.43 Å². The standard InChI is InChI=1S/C11H15BrN2OS/c1-8(2-7-11(15)14-13)16-10-5-3-9(12)4-6-10/h3-6,8H,2,7,13H2,1H3,(H,14,15). The van der Waals surface area contributed by atoms with E-state index in [1.807, 2.05) is 12.1 Å². The van der Waals surface area contributed by atoms with E-state index in [1.54, 1.807) is 11.8 Å². The number of nitrogens with one attached hydrogen (secondary N) is 1. The number of halogens is 1. The van der Waals surface area contributed by atoms with Crippen LogP contribution in [0.15, 0.2) is 33.6 Å². The van der Waals surface area contributed by atoms with E-state index in [1.165, 1.54) is 4.90 Å². The fraction of sp³-hybridized carbons (Fsp3) is 0.364. The van der Waals surface area contributed by atoms with Crippen LogP contribution in [0.5, 0.6) is 0 Å². The molecule has 0 saturated heterocycles. The zero-order valence-electron chi connectivity index (χ0n) is 9.07. The predicted molar refractivity (Wildman–Crippen MR) is 71.0 cm³/mol. The fourth-order valence-electron chi connectivity index (χ4n) is 1.21. The Hall–Kier alpha value is -0.520. The Balaban J connectivity index is 2.36. The highest BCUT2D eigenvalue weighted by Crippen LogP contribution is 2.26. The minimum Gasteiger partial charge on any atom is -0.294 e. The van der Waals surface area contributed by atoms with Gasteiger partial charge < -0.3 is 0 Å². The van der Waals surface area contributed by atoms with Crippen LogP contribution in [0, 0.1) is 0 Å². The molecule has 5 heteroatoms. The molecule has 0 aliphatic heterocycles. The van der Waals surface area contributed by atoms with Gasteiger partial charge in [0, 0.05) is 21.0 Å². The molecule has 0 aromatic heterocycles. The molecule has 0 radical (unpaired) electrons. The third kappa shape index (κ3) is 5.01. The van der Waals surface area contributed by atoms with E-state index in [2.05, 4.69) is 40.4 Å². The van der Waals surface area contributed by atoms with Crippen molar-refractivity contribution in [3.8, 4) is 0 Å². The highest BCUT2D eigenvalue weighted by atomic mass is 79.9. The zero-order valence-corrected chi connectivity index (χ0v) is 11.5. The first-order valence-electron chi connectivity index (χ1n) is 5.03. The normalized spacial score (nSPS) is 12.2. The van der Waals surface area contributed by atoms with E-state index >= 15 is 0 Å². The van der Waals surface area contributed by atoms with Gasteiger partial charge in [0.15, 0.2) is 0 Å². The first-order chi connectivity index (χ1) is 7.61. The van der Waals surface area contributed by atoms with Crippen LogP contribution in [0.3, 0.4) is 0 Å². The Morgan fingerprint density at radius 2 is 2.12 bits per heavy atom. The minimum atomic E-state index is -0.108. The second-order valence-electron chi connectivity index (χ2n) is 3.49. The van der Waals surface area contributed by atoms with E-state index in [4.69, 9.17) is 5.84 Å². The van der Waals surface area contributed by atoms with Gasteiger partial charge in [-0.2, -0.15) is 0 Å². The molecule has 0 aliphatic rings. The van der Waals surface area contributed by atoms with Gasteiger partial charge in [-0.1, -0.05) is 22.9 Å². The second kappa shape index (κ2) is 6.93. The SMILES string of the molecule is CC(CCC(=O)NN)Sc1ccc(Br)cc1. The summed E-state index contributed by atoms with van der Waals surface area (Å²) in [6, 6.07) is 8.16. The Morgan fingerprint density at radius 1 is 1.50 bits per heavy atom. The number of amides is 1. The van der Waals surface area contributed by atoms with Crippen LogP contribution in [0.1, 0.15) is 19.8 Å². The molecule has 0 bridgehead atoms. The smallest absolute Gasteiger partial charge is 0.233 e. The number of nitrogens with two attached hydrogens (primary N) is 1. The van der Waals surface area contributed by atoms with Gasteiger partial charge >= 0.3 is 0 Å². The number of hydrazine groups is 1. The van der Waals surface area contributed by atoms with Crippen molar-refractivity contribution in [2.45, 2.75) is 29.9 Å². The number of carbonyl (C=O) groups is 1. The van der Waals surface area contributed by atoms with E-state index in [9.17, 15) is 4.79 Å². The van der Waals surface area contributed by atoms with Crippen molar-refractivity contribution in [3.63, 3.8) is 0 Å². The summed E-state index contributed by atoms with van der Waals surface area (Å²) in [6.07, 6.45) is 1.30. The molecule has 1 unspecified atom stereocenters. The lowest BCUT2D eigenvalue weighted by atomic mass is 10.2. The molecule has 1 aromatic rings. The summed E-state index contributed by atoms with van der Waals surface area (Å²) in [5.74, 6) is 4.91. The van der Waals surface area contributed by atoms with Crippen molar-refractivity contribution in [3.05, 3.63) is 28.7 Å². The van der Waals surface area contributed by atoms with Crippen molar-refractivity contribution >= 4 is 33.6 Å². The van der Waals surface area contributed by atoms with Gasteiger partial charge in [0.05, 0.1) is 0 Å². The van der Waals surface area contributed by atoms with E-state index in [-0.39, 0.29) is 5.91 Å². The molecule has 3 nitrogen and oxygen atoms in total. The number of rotatable bonds is 5. The molecule has 1 rings (SSSR count). The number of hydrogen-bond acceptors (Lipinski definition) is 3. The van der Waals surface area contributed by atoms with Crippen LogP contribution in [-0.4, -0.2) is 11.2 Å². The third-order valence-corrected chi connectivity index (χ3v) is 3.80. The quantitative estimate of drug-likeness (QED) is 0.380. The summed E-state index contributed by atoms with van der Waals surface area (Å²) in [7, 11) is 0. The lowest BCUT2D eigenvalue weighted by Gasteiger charge is -2.10. The maximum Gasteiger partial charge on any atom is 0.233 e. The topological polar surface area (TPSA) is 55.1 Å². The summed E-state index contributed by atoms with van der Waals surface area (Å²) in [4.78, 5) is 12.2. The summed E-state index contributed by atoms with van der Waals surface area (Å²) in [6.45, 7) is 2.11. The van der Waals surface area contributed by atoms with Gasteiger partial charge in [-0.05, 0) is 30.7 Å². The Kier molecular flexibility index (Phi) is 5.87. The van der Waals surface area contributed by atoms with Gasteiger partial charge in [-0.3, -0.25) is 10.2 Å². The fourth-order valence-corrected chi connectivity index (χ4v) is 2.47. The molecular formula is C11H15BrN2OS. The van der Waals surface area contributed by atoms with E-state index < -0.39 is 0 Å². The minimum absolute atomic E-state index is 0.108. The molecule has 0 spiro atoms. The maximum absolute atomic E-state index is 11.0. The largest absolute Gasteiger partial charge is 0.294 e. The lowest BCUT2D eigenvalue weighted by molar-refractivity contribution is -0.121. The first-order valence-corrected chi connectivity index (χ1v) is 6.70. The van der Waals surface area contributed by atoms with Crippen molar-refractivity contribution < 1.29 is 4.79 Å². The Labute approximate surface area is 108 Å². The average Bonchev–Trinajstić information content (AvgIpc) is 2.29. The molecule has 0 heterocycles. The van der Waals surface area contributed by atoms with Crippen LogP contribution in [0.4, 0.5) is 0 Å². The van der Waals surface area contributed by atoms with Crippen LogP contribution in [0.25, 0.3) is 0 Å². The summed E-state index contributed by atoms with van der Waals surface area (Å²) < 4.78 is 1.08. The van der Waals surface area contributed by atoms with E-state index in [0.717, 1.165) is 10.9 Å². The molecular weight excluding hydrogens is 288 g/mol. The molecule has 0 fully saturated rings. The number of carbonyl (C=O) groups excluding carboxylic acids is 1. The average molecular weight is 303 g/mol. The third-order valence-electron chi connectivity index (χ3n) is 2.09. The van der Waals surface area contributed by atoms with Crippen LogP contribution < -0.4 is 11.3 Å². The highest BCUT2D eigenvalue weighted by molar-refractivity contribution is 9.10. The molecule has 0 saturated carbocycles. The predicted octanol–water partition coefficient (Wildman–Crippen LogP) is 2.70. The van der Waals surface area contributed by atoms with Gasteiger partial charge in [-0.25, -0.2) is 5.84 Å². The van der Waals surface area contributed by atoms with Crippen LogP contribution in [-0.2, 0) is 4.79 Å². The first kappa shape index (κ1) is 13.5. The molecule has 1 amide bonds.